The number of aryl methyl sites for hydroxylation is 2. The minimum absolute atomic E-state index is 0.908. The van der Waals surface area contributed by atoms with Crippen molar-refractivity contribution in [3.63, 3.8) is 0 Å². The number of hydrogen-bond acceptors (Lipinski definition) is 2. The quantitative estimate of drug-likeness (QED) is 0.733. The second-order valence-electron chi connectivity index (χ2n) is 4.95. The Kier molecular flexibility index (Phi) is 3.40. The second-order valence-corrected chi connectivity index (χ2v) is 6.30. The first-order valence-electron chi connectivity index (χ1n) is 6.55. The van der Waals surface area contributed by atoms with E-state index in [4.69, 9.17) is 0 Å². The van der Waals surface area contributed by atoms with E-state index in [0.29, 0.717) is 0 Å². The Morgan fingerprint density at radius 2 is 2.00 bits per heavy atom. The third kappa shape index (κ3) is 2.72. The van der Waals surface area contributed by atoms with Crippen molar-refractivity contribution in [2.24, 2.45) is 0 Å². The van der Waals surface area contributed by atoms with Gasteiger partial charge in [-0.15, -0.1) is 11.3 Å². The zero-order chi connectivity index (χ0) is 13.2. The number of aromatic nitrogens is 1. The Morgan fingerprint density at radius 1 is 1.11 bits per heavy atom. The van der Waals surface area contributed by atoms with Crippen LogP contribution in [0.25, 0.3) is 10.9 Å². The van der Waals surface area contributed by atoms with Crippen molar-refractivity contribution in [1.82, 2.24) is 10.3 Å². The molecule has 3 heteroatoms. The van der Waals surface area contributed by atoms with Crippen molar-refractivity contribution in [3.05, 3.63) is 57.4 Å². The van der Waals surface area contributed by atoms with E-state index < -0.39 is 0 Å². The maximum absolute atomic E-state index is 3.51. The molecule has 98 valence electrons. The van der Waals surface area contributed by atoms with E-state index >= 15 is 0 Å². The Labute approximate surface area is 117 Å². The zero-order valence-electron chi connectivity index (χ0n) is 11.3. The van der Waals surface area contributed by atoms with Gasteiger partial charge in [0.1, 0.15) is 0 Å². The minimum atomic E-state index is 0.908. The van der Waals surface area contributed by atoms with Crippen LogP contribution in [0.3, 0.4) is 0 Å². The van der Waals surface area contributed by atoms with Gasteiger partial charge in [-0.3, -0.25) is 0 Å². The van der Waals surface area contributed by atoms with Gasteiger partial charge in [-0.25, -0.2) is 0 Å². The summed E-state index contributed by atoms with van der Waals surface area (Å²) in [5.74, 6) is 0. The average molecular weight is 270 g/mol. The van der Waals surface area contributed by atoms with Crippen LogP contribution in [0.1, 0.15) is 20.9 Å². The molecule has 3 aromatic rings. The number of thiophene rings is 1. The van der Waals surface area contributed by atoms with Gasteiger partial charge in [-0.05, 0) is 48.6 Å². The average Bonchev–Trinajstić information content (AvgIpc) is 2.96. The molecule has 0 atom stereocenters. The lowest BCUT2D eigenvalue weighted by Crippen LogP contribution is -2.11. The molecule has 0 unspecified atom stereocenters. The molecule has 0 bridgehead atoms. The smallest absolute Gasteiger partial charge is 0.0457 e. The van der Waals surface area contributed by atoms with Crippen molar-refractivity contribution < 1.29 is 0 Å². The van der Waals surface area contributed by atoms with Crippen molar-refractivity contribution in [3.8, 4) is 0 Å². The molecule has 0 spiro atoms. The number of rotatable bonds is 4. The fourth-order valence-electron chi connectivity index (χ4n) is 2.27. The zero-order valence-corrected chi connectivity index (χ0v) is 12.1. The Morgan fingerprint density at radius 3 is 2.79 bits per heavy atom. The van der Waals surface area contributed by atoms with E-state index in [2.05, 4.69) is 54.5 Å². The van der Waals surface area contributed by atoms with E-state index in [1.807, 2.05) is 17.5 Å². The monoisotopic (exact) mass is 270 g/mol. The van der Waals surface area contributed by atoms with Gasteiger partial charge in [0.2, 0.25) is 0 Å². The number of H-pyrrole nitrogens is 1. The van der Waals surface area contributed by atoms with Gasteiger partial charge in [0.05, 0.1) is 0 Å². The molecular weight excluding hydrogens is 252 g/mol. The normalized spacial score (nSPS) is 11.3. The number of fused-ring (bicyclic) bond motifs is 1. The predicted molar refractivity (Wildman–Crippen MR) is 82.6 cm³/mol. The molecule has 0 amide bonds. The summed E-state index contributed by atoms with van der Waals surface area (Å²) in [6, 6.07) is 11.0. The number of nitrogens with one attached hydrogen (secondary N) is 2. The Bertz CT molecular complexity index is 674. The third-order valence-corrected chi connectivity index (χ3v) is 4.62. The van der Waals surface area contributed by atoms with Crippen LogP contribution in [0.4, 0.5) is 0 Å². The van der Waals surface area contributed by atoms with Gasteiger partial charge in [0, 0.05) is 34.6 Å². The largest absolute Gasteiger partial charge is 0.361 e. The SMILES string of the molecule is Cc1cc(CNCc2ccc3cc[nH]c3c2)sc1C. The number of benzene rings is 1. The number of aromatic amines is 1. The molecule has 2 nitrogen and oxygen atoms in total. The topological polar surface area (TPSA) is 27.8 Å². The van der Waals surface area contributed by atoms with Crippen LogP contribution in [-0.4, -0.2) is 4.98 Å². The summed E-state index contributed by atoms with van der Waals surface area (Å²) in [4.78, 5) is 6.09. The summed E-state index contributed by atoms with van der Waals surface area (Å²) in [5, 5.41) is 4.78. The Hall–Kier alpha value is -1.58. The lowest BCUT2D eigenvalue weighted by Gasteiger charge is -2.03. The van der Waals surface area contributed by atoms with Crippen LogP contribution in [0.15, 0.2) is 36.5 Å². The summed E-state index contributed by atoms with van der Waals surface area (Å²) in [5.41, 5.74) is 3.93. The third-order valence-electron chi connectivity index (χ3n) is 3.46. The summed E-state index contributed by atoms with van der Waals surface area (Å²) in [6.07, 6.45) is 1.99. The van der Waals surface area contributed by atoms with Gasteiger partial charge in [0.25, 0.3) is 0 Å². The molecule has 0 saturated carbocycles. The first-order valence-corrected chi connectivity index (χ1v) is 7.37. The first-order chi connectivity index (χ1) is 9.22. The summed E-state index contributed by atoms with van der Waals surface area (Å²) in [6.45, 7) is 6.21. The summed E-state index contributed by atoms with van der Waals surface area (Å²) in [7, 11) is 0. The van der Waals surface area contributed by atoms with E-state index in [9.17, 15) is 0 Å². The lowest BCUT2D eigenvalue weighted by molar-refractivity contribution is 0.701. The van der Waals surface area contributed by atoms with Gasteiger partial charge in [-0.2, -0.15) is 0 Å². The molecule has 2 heterocycles. The molecule has 3 rings (SSSR count). The van der Waals surface area contributed by atoms with Crippen LogP contribution in [0, 0.1) is 13.8 Å². The summed E-state index contributed by atoms with van der Waals surface area (Å²) < 4.78 is 0. The standard InChI is InChI=1S/C16H18N2S/c1-11-7-15(19-12(11)2)10-17-9-13-3-4-14-5-6-18-16(14)8-13/h3-8,17-18H,9-10H2,1-2H3. The van der Waals surface area contributed by atoms with Gasteiger partial charge in [0.15, 0.2) is 0 Å². The second kappa shape index (κ2) is 5.19. The van der Waals surface area contributed by atoms with Gasteiger partial charge < -0.3 is 10.3 Å². The van der Waals surface area contributed by atoms with Crippen molar-refractivity contribution in [2.75, 3.05) is 0 Å². The Balaban J connectivity index is 1.62. The molecule has 19 heavy (non-hydrogen) atoms. The lowest BCUT2D eigenvalue weighted by atomic mass is 10.1. The van der Waals surface area contributed by atoms with E-state index in [-0.39, 0.29) is 0 Å². The van der Waals surface area contributed by atoms with Crippen LogP contribution < -0.4 is 5.32 Å². The first kappa shape index (κ1) is 12.5. The van der Waals surface area contributed by atoms with E-state index in [0.717, 1.165) is 13.1 Å². The maximum atomic E-state index is 3.51. The highest BCUT2D eigenvalue weighted by Crippen LogP contribution is 2.20. The fraction of sp³-hybridized carbons (Fsp3) is 0.250. The molecule has 0 aliphatic carbocycles. The molecule has 1 aromatic carbocycles. The van der Waals surface area contributed by atoms with Crippen LogP contribution in [0.5, 0.6) is 0 Å². The van der Waals surface area contributed by atoms with Crippen LogP contribution in [0.2, 0.25) is 0 Å². The molecule has 0 aliphatic rings. The van der Waals surface area contributed by atoms with Gasteiger partial charge in [-0.1, -0.05) is 12.1 Å². The van der Waals surface area contributed by atoms with Crippen molar-refractivity contribution in [2.45, 2.75) is 26.9 Å². The molecule has 0 saturated heterocycles. The van der Waals surface area contributed by atoms with E-state index in [1.54, 1.807) is 0 Å². The fourth-order valence-corrected chi connectivity index (χ4v) is 3.29. The van der Waals surface area contributed by atoms with E-state index in [1.165, 1.54) is 31.8 Å². The minimum Gasteiger partial charge on any atom is -0.361 e. The van der Waals surface area contributed by atoms with Crippen LogP contribution >= 0.6 is 11.3 Å². The molecule has 2 aromatic heterocycles. The molecule has 2 N–H and O–H groups in total. The highest BCUT2D eigenvalue weighted by atomic mass is 32.1. The maximum Gasteiger partial charge on any atom is 0.0457 e. The highest BCUT2D eigenvalue weighted by Gasteiger charge is 2.02. The van der Waals surface area contributed by atoms with Crippen LogP contribution in [-0.2, 0) is 13.1 Å². The summed E-state index contributed by atoms with van der Waals surface area (Å²) >= 11 is 1.88. The molecule has 0 radical (unpaired) electrons. The predicted octanol–water partition coefficient (Wildman–Crippen LogP) is 4.14. The number of hydrogen-bond donors (Lipinski definition) is 2. The van der Waals surface area contributed by atoms with Crippen molar-refractivity contribution in [1.29, 1.82) is 0 Å². The molecular formula is C16H18N2S. The molecule has 0 aliphatic heterocycles. The van der Waals surface area contributed by atoms with Gasteiger partial charge >= 0.3 is 0 Å². The molecule has 0 fully saturated rings. The van der Waals surface area contributed by atoms with Crippen molar-refractivity contribution >= 4 is 22.2 Å². The highest BCUT2D eigenvalue weighted by molar-refractivity contribution is 7.12.